The first-order valence-corrected chi connectivity index (χ1v) is 7.17. The van der Waals surface area contributed by atoms with Gasteiger partial charge in [-0.25, -0.2) is 4.79 Å². The summed E-state index contributed by atoms with van der Waals surface area (Å²) in [5.41, 5.74) is 6.58. The van der Waals surface area contributed by atoms with E-state index in [2.05, 4.69) is 12.0 Å². The van der Waals surface area contributed by atoms with Gasteiger partial charge in [0.25, 0.3) is 0 Å². The topological polar surface area (TPSA) is 70.1 Å². The van der Waals surface area contributed by atoms with Crippen molar-refractivity contribution in [1.82, 2.24) is 9.78 Å². The van der Waals surface area contributed by atoms with Crippen molar-refractivity contribution in [2.24, 2.45) is 5.92 Å². The minimum absolute atomic E-state index is 0.0332. The third-order valence-corrected chi connectivity index (χ3v) is 3.95. The molecule has 106 valence electrons. The molecule has 2 atom stereocenters. The molecule has 1 heterocycles. The summed E-state index contributed by atoms with van der Waals surface area (Å²) in [6, 6.07) is 0. The highest BCUT2D eigenvalue weighted by molar-refractivity contribution is 5.93. The van der Waals surface area contributed by atoms with Crippen LogP contribution in [0.25, 0.3) is 0 Å². The number of aryl methyl sites for hydroxylation is 1. The third kappa shape index (κ3) is 3.08. The van der Waals surface area contributed by atoms with E-state index in [1.54, 1.807) is 4.68 Å². The third-order valence-electron chi connectivity index (χ3n) is 3.95. The van der Waals surface area contributed by atoms with Crippen molar-refractivity contribution in [2.45, 2.75) is 58.6 Å². The number of anilines is 1. The van der Waals surface area contributed by atoms with E-state index >= 15 is 0 Å². The Morgan fingerprint density at radius 3 is 3.00 bits per heavy atom. The molecule has 0 radical (unpaired) electrons. The molecule has 1 aliphatic rings. The zero-order chi connectivity index (χ0) is 13.8. The van der Waals surface area contributed by atoms with Crippen LogP contribution in [-0.2, 0) is 11.3 Å². The Hall–Kier alpha value is -1.52. The number of nitrogens with zero attached hydrogens (tertiary/aromatic N) is 2. The van der Waals surface area contributed by atoms with Crippen molar-refractivity contribution in [2.75, 3.05) is 5.73 Å². The Balaban J connectivity index is 2.02. The lowest BCUT2D eigenvalue weighted by molar-refractivity contribution is 0.0128. The number of rotatable bonds is 4. The van der Waals surface area contributed by atoms with Crippen LogP contribution in [0.5, 0.6) is 0 Å². The molecule has 1 saturated carbocycles. The van der Waals surface area contributed by atoms with Crippen LogP contribution in [0, 0.1) is 5.92 Å². The van der Waals surface area contributed by atoms with Crippen LogP contribution in [-0.4, -0.2) is 21.9 Å². The average Bonchev–Trinajstić information content (AvgIpc) is 2.80. The number of hydrogen-bond acceptors (Lipinski definition) is 4. The maximum absolute atomic E-state index is 12.2. The smallest absolute Gasteiger partial charge is 0.359 e. The maximum atomic E-state index is 12.2. The molecule has 5 heteroatoms. The van der Waals surface area contributed by atoms with Crippen LogP contribution in [0.2, 0.25) is 0 Å². The lowest BCUT2D eigenvalue weighted by atomic mass is 9.85. The van der Waals surface area contributed by atoms with E-state index in [4.69, 9.17) is 10.5 Å². The Bertz CT molecular complexity index is 442. The van der Waals surface area contributed by atoms with Crippen LogP contribution >= 0.6 is 0 Å². The van der Waals surface area contributed by atoms with Crippen molar-refractivity contribution >= 4 is 11.7 Å². The molecular formula is C14H23N3O2. The number of esters is 1. The summed E-state index contributed by atoms with van der Waals surface area (Å²) >= 11 is 0. The summed E-state index contributed by atoms with van der Waals surface area (Å²) in [5, 5.41) is 4.07. The Kier molecular flexibility index (Phi) is 4.45. The van der Waals surface area contributed by atoms with Crippen molar-refractivity contribution in [1.29, 1.82) is 0 Å². The van der Waals surface area contributed by atoms with Gasteiger partial charge in [0.15, 0.2) is 5.69 Å². The normalized spacial score (nSPS) is 23.3. The van der Waals surface area contributed by atoms with E-state index < -0.39 is 0 Å². The molecule has 2 rings (SSSR count). The monoisotopic (exact) mass is 265 g/mol. The zero-order valence-corrected chi connectivity index (χ0v) is 11.8. The van der Waals surface area contributed by atoms with Gasteiger partial charge in [0.1, 0.15) is 6.10 Å². The standard InChI is InChI=1S/C14H23N3O2/c1-3-10-6-5-7-11(8-10)19-14(18)13-12(15)9-16-17(13)4-2/h9-11H,3-8,15H2,1-2H3. The first-order valence-electron chi connectivity index (χ1n) is 7.17. The number of carbonyl (C=O) groups excluding carboxylic acids is 1. The predicted octanol–water partition coefficient (Wildman–Crippen LogP) is 2.61. The minimum atomic E-state index is -0.335. The Morgan fingerprint density at radius 1 is 1.53 bits per heavy atom. The SMILES string of the molecule is CCC1CCCC(OC(=O)c2c(N)cnn2CC)C1. The number of carbonyl (C=O) groups is 1. The van der Waals surface area contributed by atoms with Crippen LogP contribution in [0.1, 0.15) is 56.4 Å². The van der Waals surface area contributed by atoms with E-state index in [-0.39, 0.29) is 12.1 Å². The van der Waals surface area contributed by atoms with Gasteiger partial charge >= 0.3 is 5.97 Å². The lowest BCUT2D eigenvalue weighted by Crippen LogP contribution is -2.27. The molecular weight excluding hydrogens is 242 g/mol. The highest BCUT2D eigenvalue weighted by atomic mass is 16.5. The van der Waals surface area contributed by atoms with Crippen LogP contribution in [0.4, 0.5) is 5.69 Å². The number of hydrogen-bond donors (Lipinski definition) is 1. The number of aromatic nitrogens is 2. The lowest BCUT2D eigenvalue weighted by Gasteiger charge is -2.28. The Morgan fingerprint density at radius 2 is 2.32 bits per heavy atom. The second-order valence-corrected chi connectivity index (χ2v) is 5.23. The van der Waals surface area contributed by atoms with E-state index in [9.17, 15) is 4.79 Å². The predicted molar refractivity (Wildman–Crippen MR) is 73.8 cm³/mol. The van der Waals surface area contributed by atoms with E-state index in [0.29, 0.717) is 23.8 Å². The molecule has 0 bridgehead atoms. The summed E-state index contributed by atoms with van der Waals surface area (Å²) in [6.45, 7) is 4.74. The molecule has 19 heavy (non-hydrogen) atoms. The van der Waals surface area contributed by atoms with Gasteiger partial charge in [0, 0.05) is 6.54 Å². The van der Waals surface area contributed by atoms with Gasteiger partial charge in [-0.2, -0.15) is 5.10 Å². The fourth-order valence-corrected chi connectivity index (χ4v) is 2.79. The number of nitrogens with two attached hydrogens (primary N) is 1. The summed E-state index contributed by atoms with van der Waals surface area (Å²) < 4.78 is 7.21. The summed E-state index contributed by atoms with van der Waals surface area (Å²) in [7, 11) is 0. The molecule has 1 aromatic rings. The Labute approximate surface area is 114 Å². The first kappa shape index (κ1) is 13.9. The van der Waals surface area contributed by atoms with Crippen molar-refractivity contribution in [3.63, 3.8) is 0 Å². The van der Waals surface area contributed by atoms with Crippen molar-refractivity contribution < 1.29 is 9.53 Å². The largest absolute Gasteiger partial charge is 0.458 e. The van der Waals surface area contributed by atoms with E-state index in [1.807, 2.05) is 6.92 Å². The highest BCUT2D eigenvalue weighted by Gasteiger charge is 2.26. The molecule has 1 aromatic heterocycles. The van der Waals surface area contributed by atoms with Gasteiger partial charge in [-0.15, -0.1) is 0 Å². The average molecular weight is 265 g/mol. The summed E-state index contributed by atoms with van der Waals surface area (Å²) in [6.07, 6.45) is 7.02. The van der Waals surface area contributed by atoms with Gasteiger partial charge in [-0.05, 0) is 32.1 Å². The summed E-state index contributed by atoms with van der Waals surface area (Å²) in [5.74, 6) is 0.346. The zero-order valence-electron chi connectivity index (χ0n) is 11.8. The molecule has 0 amide bonds. The molecule has 2 N–H and O–H groups in total. The fraction of sp³-hybridized carbons (Fsp3) is 0.714. The summed E-state index contributed by atoms with van der Waals surface area (Å²) in [4.78, 5) is 12.2. The van der Waals surface area contributed by atoms with E-state index in [1.165, 1.54) is 12.6 Å². The van der Waals surface area contributed by atoms with E-state index in [0.717, 1.165) is 25.7 Å². The minimum Gasteiger partial charge on any atom is -0.458 e. The number of ether oxygens (including phenoxy) is 1. The molecule has 1 aliphatic carbocycles. The van der Waals surface area contributed by atoms with Gasteiger partial charge in [0.2, 0.25) is 0 Å². The first-order chi connectivity index (χ1) is 9.15. The number of nitrogen functional groups attached to an aromatic ring is 1. The van der Waals surface area contributed by atoms with Crippen LogP contribution in [0.3, 0.4) is 0 Å². The highest BCUT2D eigenvalue weighted by Crippen LogP contribution is 2.29. The molecule has 2 unspecified atom stereocenters. The van der Waals surface area contributed by atoms with Gasteiger partial charge < -0.3 is 10.5 Å². The molecule has 0 aromatic carbocycles. The molecule has 0 saturated heterocycles. The molecule has 0 spiro atoms. The quantitative estimate of drug-likeness (QED) is 0.849. The van der Waals surface area contributed by atoms with Crippen LogP contribution < -0.4 is 5.73 Å². The molecule has 1 fully saturated rings. The molecule has 5 nitrogen and oxygen atoms in total. The van der Waals surface area contributed by atoms with Crippen molar-refractivity contribution in [3.8, 4) is 0 Å². The fourth-order valence-electron chi connectivity index (χ4n) is 2.79. The van der Waals surface area contributed by atoms with Crippen LogP contribution in [0.15, 0.2) is 6.20 Å². The van der Waals surface area contributed by atoms with Crippen molar-refractivity contribution in [3.05, 3.63) is 11.9 Å². The van der Waals surface area contributed by atoms with Gasteiger partial charge in [0.05, 0.1) is 11.9 Å². The second-order valence-electron chi connectivity index (χ2n) is 5.23. The van der Waals surface area contributed by atoms with Gasteiger partial charge in [-0.3, -0.25) is 4.68 Å². The van der Waals surface area contributed by atoms with Gasteiger partial charge in [-0.1, -0.05) is 19.8 Å². The molecule has 0 aliphatic heterocycles. The maximum Gasteiger partial charge on any atom is 0.359 e. The second kappa shape index (κ2) is 6.08.